The molecule has 7 nitrogen and oxygen atoms in total. The minimum Gasteiger partial charge on any atom is -0.389 e. The molecule has 11 atom stereocenters. The van der Waals surface area contributed by atoms with E-state index in [0.29, 0.717) is 19.4 Å². The molecule has 6 rings (SSSR count). The quantitative estimate of drug-likeness (QED) is 0.628. The normalized spacial score (nSPS) is 57.0. The zero-order valence-electron chi connectivity index (χ0n) is 19.1. The number of ether oxygens (including phenoxy) is 4. The van der Waals surface area contributed by atoms with Crippen molar-refractivity contribution in [2.75, 3.05) is 41.0 Å². The maximum Gasteiger partial charge on any atom is 0.120 e. The molecule has 0 aromatic heterocycles. The summed E-state index contributed by atoms with van der Waals surface area (Å²) in [6.07, 6.45) is 4.22. The van der Waals surface area contributed by atoms with E-state index in [1.165, 1.54) is 5.57 Å². The Bertz CT molecular complexity index is 790. The Labute approximate surface area is 184 Å². The number of aliphatic hydroxyl groups is 2. The molecule has 7 heteroatoms. The minimum absolute atomic E-state index is 0.0144. The van der Waals surface area contributed by atoms with Gasteiger partial charge in [-0.3, -0.25) is 4.90 Å². The monoisotopic (exact) mass is 435 g/mol. The van der Waals surface area contributed by atoms with Gasteiger partial charge in [0, 0.05) is 50.5 Å². The van der Waals surface area contributed by atoms with Crippen molar-refractivity contribution in [3.05, 3.63) is 11.6 Å². The van der Waals surface area contributed by atoms with Crippen LogP contribution in [0.3, 0.4) is 0 Å². The summed E-state index contributed by atoms with van der Waals surface area (Å²) in [5, 5.41) is 23.1. The van der Waals surface area contributed by atoms with Gasteiger partial charge in [0.15, 0.2) is 0 Å². The van der Waals surface area contributed by atoms with Gasteiger partial charge in [-0.2, -0.15) is 0 Å². The molecule has 7 bridgehead atoms. The van der Waals surface area contributed by atoms with Crippen molar-refractivity contribution in [3.63, 3.8) is 0 Å². The van der Waals surface area contributed by atoms with E-state index < -0.39 is 11.7 Å². The van der Waals surface area contributed by atoms with Crippen LogP contribution < -0.4 is 0 Å². The standard InChI is InChI=1S/C24H37NO6/c1-5-25-11-22(12-28-2)7-6-16(29-3)24-14-10-23(27)17(30-4)9-13(18(14)20(23)26)8-15(19(22)24)31-21(24)25/h8,14-21,26-27H,5-7,9-12H2,1-4H3/t14-,15+,16+,17+,18-,19-,20-,21-,22+,23-,24+/m1/s1. The van der Waals surface area contributed by atoms with Crippen LogP contribution >= 0.6 is 0 Å². The first-order valence-electron chi connectivity index (χ1n) is 12.0. The molecule has 174 valence electrons. The van der Waals surface area contributed by atoms with Crippen LogP contribution in [0.15, 0.2) is 11.6 Å². The number of fused-ring (bicyclic) bond motifs is 1. The Morgan fingerprint density at radius 2 is 2.00 bits per heavy atom. The van der Waals surface area contributed by atoms with E-state index in [-0.39, 0.29) is 53.1 Å². The molecule has 2 heterocycles. The van der Waals surface area contributed by atoms with Gasteiger partial charge in [-0.05, 0) is 38.1 Å². The molecule has 0 aromatic rings. The fourth-order valence-corrected chi connectivity index (χ4v) is 9.40. The predicted molar refractivity (Wildman–Crippen MR) is 112 cm³/mol. The summed E-state index contributed by atoms with van der Waals surface area (Å²) >= 11 is 0. The third kappa shape index (κ3) is 2.25. The fourth-order valence-electron chi connectivity index (χ4n) is 9.40. The van der Waals surface area contributed by atoms with Gasteiger partial charge < -0.3 is 29.2 Å². The van der Waals surface area contributed by atoms with Crippen molar-refractivity contribution in [2.45, 2.75) is 68.9 Å². The number of hydrogen-bond donors (Lipinski definition) is 2. The molecule has 0 amide bonds. The van der Waals surface area contributed by atoms with Crippen LogP contribution in [0.25, 0.3) is 0 Å². The summed E-state index contributed by atoms with van der Waals surface area (Å²) in [5.41, 5.74) is -0.327. The van der Waals surface area contributed by atoms with Crippen molar-refractivity contribution in [2.24, 2.45) is 28.6 Å². The van der Waals surface area contributed by atoms with Crippen LogP contribution in [0.5, 0.6) is 0 Å². The third-order valence-electron chi connectivity index (χ3n) is 10.2. The van der Waals surface area contributed by atoms with Crippen LogP contribution in [0.2, 0.25) is 0 Å². The summed E-state index contributed by atoms with van der Waals surface area (Å²) in [6, 6.07) is 0. The lowest BCUT2D eigenvalue weighted by atomic mass is 9.46. The molecule has 31 heavy (non-hydrogen) atoms. The van der Waals surface area contributed by atoms with Gasteiger partial charge in [-0.25, -0.2) is 0 Å². The molecule has 2 saturated heterocycles. The van der Waals surface area contributed by atoms with E-state index in [4.69, 9.17) is 18.9 Å². The smallest absolute Gasteiger partial charge is 0.120 e. The Kier molecular flexibility index (Phi) is 4.58. The highest BCUT2D eigenvalue weighted by Gasteiger charge is 2.80. The molecule has 4 aliphatic carbocycles. The van der Waals surface area contributed by atoms with Crippen LogP contribution in [-0.2, 0) is 18.9 Å². The SMILES string of the molecule is CCN1C[C@]2(COC)CC[C@H](OC)[C@]34[C@@H]5C[C@@]6(O)[C@@H](OC)CC(=C[C@H](O[C@@H]13)[C@H]24)[C@H]5[C@H]6O. The number of likely N-dealkylation sites (tertiary alicyclic amines) is 1. The average molecular weight is 436 g/mol. The second-order valence-corrected chi connectivity index (χ2v) is 11.0. The zero-order chi connectivity index (χ0) is 21.8. The van der Waals surface area contributed by atoms with E-state index in [2.05, 4.69) is 17.9 Å². The zero-order valence-corrected chi connectivity index (χ0v) is 19.1. The molecular formula is C24H37NO6. The van der Waals surface area contributed by atoms with Gasteiger partial charge in [-0.15, -0.1) is 0 Å². The lowest BCUT2D eigenvalue weighted by Crippen LogP contribution is -2.71. The molecule has 0 unspecified atom stereocenters. The van der Waals surface area contributed by atoms with Crippen molar-refractivity contribution >= 4 is 0 Å². The highest BCUT2D eigenvalue weighted by Crippen LogP contribution is 2.73. The molecule has 6 aliphatic rings. The number of rotatable bonds is 5. The highest BCUT2D eigenvalue weighted by molar-refractivity contribution is 5.37. The minimum atomic E-state index is -1.23. The summed E-state index contributed by atoms with van der Waals surface area (Å²) in [6.45, 7) is 4.77. The molecule has 5 fully saturated rings. The van der Waals surface area contributed by atoms with Crippen molar-refractivity contribution in [3.8, 4) is 0 Å². The summed E-state index contributed by atoms with van der Waals surface area (Å²) in [7, 11) is 5.27. The number of piperidine rings is 1. The number of methoxy groups -OCH3 is 3. The van der Waals surface area contributed by atoms with Gasteiger partial charge in [0.1, 0.15) is 11.8 Å². The number of hydrogen-bond acceptors (Lipinski definition) is 7. The van der Waals surface area contributed by atoms with Crippen molar-refractivity contribution in [1.29, 1.82) is 0 Å². The topological polar surface area (TPSA) is 80.6 Å². The van der Waals surface area contributed by atoms with Gasteiger partial charge in [0.05, 0.1) is 31.0 Å². The van der Waals surface area contributed by atoms with Crippen LogP contribution in [-0.4, -0.2) is 92.4 Å². The second-order valence-electron chi connectivity index (χ2n) is 11.0. The van der Waals surface area contributed by atoms with Crippen LogP contribution in [0.1, 0.15) is 32.6 Å². The Morgan fingerprint density at radius 1 is 1.23 bits per heavy atom. The number of nitrogens with zero attached hydrogens (tertiary/aromatic N) is 1. The molecule has 2 aliphatic heterocycles. The molecule has 2 N–H and O–H groups in total. The van der Waals surface area contributed by atoms with Gasteiger partial charge >= 0.3 is 0 Å². The lowest BCUT2D eigenvalue weighted by molar-refractivity contribution is -0.246. The van der Waals surface area contributed by atoms with Crippen molar-refractivity contribution < 1.29 is 29.2 Å². The van der Waals surface area contributed by atoms with E-state index in [9.17, 15) is 10.2 Å². The van der Waals surface area contributed by atoms with E-state index in [1.54, 1.807) is 14.2 Å². The van der Waals surface area contributed by atoms with Crippen LogP contribution in [0.4, 0.5) is 0 Å². The third-order valence-corrected chi connectivity index (χ3v) is 10.2. The summed E-state index contributed by atoms with van der Waals surface area (Å²) < 4.78 is 24.8. The van der Waals surface area contributed by atoms with E-state index >= 15 is 0 Å². The molecule has 3 saturated carbocycles. The highest BCUT2D eigenvalue weighted by atomic mass is 16.5. The lowest BCUT2D eigenvalue weighted by Gasteiger charge is -2.64. The van der Waals surface area contributed by atoms with Gasteiger partial charge in [0.2, 0.25) is 0 Å². The first-order chi connectivity index (χ1) is 14.9. The van der Waals surface area contributed by atoms with E-state index in [0.717, 1.165) is 25.9 Å². The molecular weight excluding hydrogens is 398 g/mol. The maximum absolute atomic E-state index is 11.7. The Hall–Kier alpha value is -0.540. The first-order valence-corrected chi connectivity index (χ1v) is 12.0. The van der Waals surface area contributed by atoms with E-state index in [1.807, 2.05) is 7.11 Å². The maximum atomic E-state index is 11.7. The first kappa shape index (κ1) is 21.0. The fraction of sp³-hybridized carbons (Fsp3) is 0.917. The van der Waals surface area contributed by atoms with Crippen LogP contribution in [0, 0.1) is 28.6 Å². The average Bonchev–Trinajstić information content (AvgIpc) is 3.06. The largest absolute Gasteiger partial charge is 0.389 e. The number of aliphatic hydroxyl groups excluding tert-OH is 1. The second kappa shape index (κ2) is 6.75. The predicted octanol–water partition coefficient (Wildman–Crippen LogP) is 1.18. The summed E-state index contributed by atoms with van der Waals surface area (Å²) in [5.74, 6) is 0.269. The molecule has 0 spiro atoms. The molecule has 0 radical (unpaired) electrons. The van der Waals surface area contributed by atoms with Crippen molar-refractivity contribution in [1.82, 2.24) is 4.90 Å². The summed E-state index contributed by atoms with van der Waals surface area (Å²) in [4.78, 5) is 2.48. The van der Waals surface area contributed by atoms with Gasteiger partial charge in [-0.1, -0.05) is 18.6 Å². The Morgan fingerprint density at radius 3 is 2.68 bits per heavy atom. The van der Waals surface area contributed by atoms with Gasteiger partial charge in [0.25, 0.3) is 0 Å². The molecule has 0 aromatic carbocycles. The Balaban J connectivity index is 1.60.